The molecule has 2 aliphatic rings. The fraction of sp³-hybridized carbons (Fsp3) is 0.917. The molecule has 0 heterocycles. The summed E-state index contributed by atoms with van der Waals surface area (Å²) in [6.45, 7) is 6.40. The Labute approximate surface area is 82.5 Å². The molecule has 0 spiro atoms. The van der Waals surface area contributed by atoms with E-state index in [4.69, 9.17) is 0 Å². The maximum Gasteiger partial charge on any atom is 0.0101 e. The van der Waals surface area contributed by atoms with Gasteiger partial charge >= 0.3 is 0 Å². The number of hydrogen-bond donors (Lipinski definition) is 0. The van der Waals surface area contributed by atoms with E-state index in [1.54, 1.807) is 0 Å². The molecule has 0 aliphatic heterocycles. The maximum atomic E-state index is 4.05. The van der Waals surface area contributed by atoms with Crippen molar-refractivity contribution in [2.75, 3.05) is 0 Å². The average Bonchev–Trinajstić information content (AvgIpc) is 1.95. The zero-order valence-corrected chi connectivity index (χ0v) is 8.84. The Bertz CT molecular complexity index is 138. The van der Waals surface area contributed by atoms with Crippen LogP contribution in [-0.2, 0) is 0 Å². The van der Waals surface area contributed by atoms with E-state index in [2.05, 4.69) is 18.7 Å². The Morgan fingerprint density at radius 3 is 1.85 bits per heavy atom. The van der Waals surface area contributed by atoms with Crippen molar-refractivity contribution in [1.29, 1.82) is 0 Å². The van der Waals surface area contributed by atoms with Crippen LogP contribution in [-0.4, -0.2) is 23.0 Å². The summed E-state index contributed by atoms with van der Waals surface area (Å²) in [6.07, 6.45) is 9.77. The summed E-state index contributed by atoms with van der Waals surface area (Å²) in [4.78, 5) is 2.78. The second kappa shape index (κ2) is 4.00. The van der Waals surface area contributed by atoms with Gasteiger partial charge in [-0.15, -0.1) is 0 Å². The molecule has 1 radical (unpaired) electrons. The molecule has 0 aromatic carbocycles. The minimum Gasteiger partial charge on any atom is -0.295 e. The highest BCUT2D eigenvalue weighted by Crippen LogP contribution is 2.35. The van der Waals surface area contributed by atoms with Crippen molar-refractivity contribution >= 4 is 0 Å². The van der Waals surface area contributed by atoms with E-state index in [-0.39, 0.29) is 0 Å². The molecule has 2 rings (SSSR count). The fourth-order valence-electron chi connectivity index (χ4n) is 2.54. The molecule has 0 amide bonds. The van der Waals surface area contributed by atoms with Crippen LogP contribution in [0.5, 0.6) is 0 Å². The smallest absolute Gasteiger partial charge is 0.0101 e. The molecule has 0 bridgehead atoms. The fourth-order valence-corrected chi connectivity index (χ4v) is 2.54. The van der Waals surface area contributed by atoms with E-state index in [9.17, 15) is 0 Å². The van der Waals surface area contributed by atoms with Crippen LogP contribution in [0.4, 0.5) is 0 Å². The summed E-state index contributed by atoms with van der Waals surface area (Å²) in [5.74, 6) is 0. The van der Waals surface area contributed by atoms with Gasteiger partial charge in [-0.05, 0) is 39.0 Å². The first kappa shape index (κ1) is 9.51. The second-order valence-electron chi connectivity index (χ2n) is 4.75. The van der Waals surface area contributed by atoms with Crippen LogP contribution in [0.15, 0.2) is 0 Å². The summed E-state index contributed by atoms with van der Waals surface area (Å²) in [6, 6.07) is 2.56. The third-order valence-electron chi connectivity index (χ3n) is 3.92. The first-order valence-corrected chi connectivity index (χ1v) is 5.89. The summed E-state index contributed by atoms with van der Waals surface area (Å²) in [7, 11) is 0. The number of hydrogen-bond acceptors (Lipinski definition) is 1. The largest absolute Gasteiger partial charge is 0.295 e. The second-order valence-corrected chi connectivity index (χ2v) is 4.75. The molecular formula is C12H22N. The van der Waals surface area contributed by atoms with Crippen LogP contribution in [0, 0.1) is 6.92 Å². The predicted octanol–water partition coefficient (Wildman–Crippen LogP) is 3.01. The Morgan fingerprint density at radius 1 is 1.15 bits per heavy atom. The first-order valence-electron chi connectivity index (χ1n) is 5.89. The maximum absolute atomic E-state index is 4.05. The van der Waals surface area contributed by atoms with Gasteiger partial charge in [0.1, 0.15) is 0 Å². The summed E-state index contributed by atoms with van der Waals surface area (Å²) in [5, 5.41) is 0. The molecule has 0 saturated heterocycles. The van der Waals surface area contributed by atoms with Crippen LogP contribution in [0.2, 0.25) is 0 Å². The Morgan fingerprint density at radius 2 is 1.62 bits per heavy atom. The predicted molar refractivity (Wildman–Crippen MR) is 56.6 cm³/mol. The molecule has 2 saturated carbocycles. The van der Waals surface area contributed by atoms with Crippen LogP contribution >= 0.6 is 0 Å². The third-order valence-corrected chi connectivity index (χ3v) is 3.92. The van der Waals surface area contributed by atoms with Crippen molar-refractivity contribution < 1.29 is 0 Å². The third kappa shape index (κ3) is 1.76. The van der Waals surface area contributed by atoms with Gasteiger partial charge in [-0.1, -0.05) is 19.8 Å². The van der Waals surface area contributed by atoms with Crippen molar-refractivity contribution in [2.45, 2.75) is 70.0 Å². The van der Waals surface area contributed by atoms with E-state index in [0.29, 0.717) is 0 Å². The molecule has 1 heteroatoms. The monoisotopic (exact) mass is 180 g/mol. The molecule has 1 nitrogen and oxygen atoms in total. The lowest BCUT2D eigenvalue weighted by atomic mass is 9.83. The first-order chi connectivity index (χ1) is 6.33. The molecule has 75 valence electrons. The van der Waals surface area contributed by atoms with Crippen LogP contribution in [0.3, 0.4) is 0 Å². The summed E-state index contributed by atoms with van der Waals surface area (Å²) in [5.41, 5.74) is 0. The van der Waals surface area contributed by atoms with Gasteiger partial charge in [0.25, 0.3) is 0 Å². The summed E-state index contributed by atoms with van der Waals surface area (Å²) < 4.78 is 0. The van der Waals surface area contributed by atoms with Gasteiger partial charge in [-0.3, -0.25) is 4.90 Å². The number of nitrogens with zero attached hydrogens (tertiary/aromatic N) is 1. The SMILES string of the molecule is [CH2]CC(C)N(C1CCC1)C1CCC1. The van der Waals surface area contributed by atoms with Crippen molar-refractivity contribution in [3.05, 3.63) is 6.92 Å². The van der Waals surface area contributed by atoms with Gasteiger partial charge < -0.3 is 0 Å². The molecule has 0 aromatic rings. The van der Waals surface area contributed by atoms with E-state index < -0.39 is 0 Å². The van der Waals surface area contributed by atoms with E-state index >= 15 is 0 Å². The molecular weight excluding hydrogens is 158 g/mol. The van der Waals surface area contributed by atoms with Gasteiger partial charge in [-0.25, -0.2) is 0 Å². The highest BCUT2D eigenvalue weighted by molar-refractivity contribution is 4.91. The zero-order valence-electron chi connectivity index (χ0n) is 8.84. The lowest BCUT2D eigenvalue weighted by Crippen LogP contribution is -2.53. The number of rotatable bonds is 4. The molecule has 0 aromatic heterocycles. The molecule has 2 aliphatic carbocycles. The molecule has 1 unspecified atom stereocenters. The lowest BCUT2D eigenvalue weighted by molar-refractivity contribution is 0.00866. The topological polar surface area (TPSA) is 3.24 Å². The van der Waals surface area contributed by atoms with Crippen LogP contribution in [0.25, 0.3) is 0 Å². The van der Waals surface area contributed by atoms with Gasteiger partial charge in [0, 0.05) is 18.1 Å². The Hall–Kier alpha value is -0.0400. The van der Waals surface area contributed by atoms with Crippen molar-refractivity contribution in [3.63, 3.8) is 0 Å². The molecule has 13 heavy (non-hydrogen) atoms. The van der Waals surface area contributed by atoms with Crippen molar-refractivity contribution in [1.82, 2.24) is 4.90 Å². The molecule has 1 atom stereocenters. The van der Waals surface area contributed by atoms with Gasteiger partial charge in [0.2, 0.25) is 0 Å². The molecule has 2 fully saturated rings. The van der Waals surface area contributed by atoms with Gasteiger partial charge in [-0.2, -0.15) is 0 Å². The van der Waals surface area contributed by atoms with Gasteiger partial charge in [0.15, 0.2) is 0 Å². The standard InChI is InChI=1S/C12H22N/c1-3-10(2)13(11-6-4-7-11)12-8-5-9-12/h10-12H,1,3-9H2,2H3. The van der Waals surface area contributed by atoms with Gasteiger partial charge in [0.05, 0.1) is 0 Å². The van der Waals surface area contributed by atoms with E-state index in [0.717, 1.165) is 24.5 Å². The minimum atomic E-state index is 0.718. The lowest BCUT2D eigenvalue weighted by Gasteiger charge is -2.49. The van der Waals surface area contributed by atoms with Crippen molar-refractivity contribution in [2.24, 2.45) is 0 Å². The summed E-state index contributed by atoms with van der Waals surface area (Å²) >= 11 is 0. The van der Waals surface area contributed by atoms with E-state index in [1.807, 2.05) is 0 Å². The highest BCUT2D eigenvalue weighted by atomic mass is 15.2. The normalized spacial score (nSPS) is 27.0. The quantitative estimate of drug-likeness (QED) is 0.643. The highest BCUT2D eigenvalue weighted by Gasteiger charge is 2.35. The molecule has 0 N–H and O–H groups in total. The Balaban J connectivity index is 1.92. The van der Waals surface area contributed by atoms with Crippen LogP contribution in [0.1, 0.15) is 51.9 Å². The van der Waals surface area contributed by atoms with E-state index in [1.165, 1.54) is 38.5 Å². The van der Waals surface area contributed by atoms with Crippen LogP contribution < -0.4 is 0 Å². The minimum absolute atomic E-state index is 0.718. The zero-order chi connectivity index (χ0) is 9.26. The Kier molecular flexibility index (Phi) is 2.92. The van der Waals surface area contributed by atoms with Crippen molar-refractivity contribution in [3.8, 4) is 0 Å². The average molecular weight is 180 g/mol.